The molecule has 0 radical (unpaired) electrons. The fraction of sp³-hybridized carbons (Fsp3) is 0.562. The van der Waals surface area contributed by atoms with Crippen molar-refractivity contribution < 1.29 is 18.9 Å². The largest absolute Gasteiger partial charge is 0.378 e. The highest BCUT2D eigenvalue weighted by Crippen LogP contribution is 2.59. The van der Waals surface area contributed by atoms with Crippen molar-refractivity contribution in [3.8, 4) is 0 Å². The SMILES string of the molecule is CO[C@@H]1[C@H](OCCP(c2ccc(C)cc2)c2ccc(C)cc2)CC[C@]2(CO2)[C@H]1[C@@]1(C)O[C@@H]1CC=C(C)C. The van der Waals surface area contributed by atoms with Crippen molar-refractivity contribution >= 4 is 18.5 Å². The normalized spacial score (nSPS) is 32.5. The van der Waals surface area contributed by atoms with Gasteiger partial charge in [-0.25, -0.2) is 0 Å². The summed E-state index contributed by atoms with van der Waals surface area (Å²) in [5.41, 5.74) is 3.60. The lowest BCUT2D eigenvalue weighted by Gasteiger charge is -2.43. The van der Waals surface area contributed by atoms with Gasteiger partial charge in [0, 0.05) is 7.11 Å². The van der Waals surface area contributed by atoms with Crippen LogP contribution in [0, 0.1) is 19.8 Å². The van der Waals surface area contributed by atoms with Crippen molar-refractivity contribution in [2.24, 2.45) is 5.92 Å². The summed E-state index contributed by atoms with van der Waals surface area (Å²) in [6.45, 7) is 12.4. The molecule has 4 nitrogen and oxygen atoms in total. The fourth-order valence-electron chi connectivity index (χ4n) is 6.27. The molecule has 2 heterocycles. The molecule has 2 aromatic carbocycles. The van der Waals surface area contributed by atoms with E-state index < -0.39 is 7.92 Å². The van der Waals surface area contributed by atoms with Gasteiger partial charge in [-0.05, 0) is 78.6 Å². The van der Waals surface area contributed by atoms with Crippen LogP contribution in [0.4, 0.5) is 0 Å². The summed E-state index contributed by atoms with van der Waals surface area (Å²) in [6, 6.07) is 18.1. The van der Waals surface area contributed by atoms with Crippen molar-refractivity contribution in [1.82, 2.24) is 0 Å². The van der Waals surface area contributed by atoms with Crippen molar-refractivity contribution in [2.45, 2.75) is 83.4 Å². The summed E-state index contributed by atoms with van der Waals surface area (Å²) < 4.78 is 25.4. The molecule has 0 amide bonds. The number of hydrogen-bond acceptors (Lipinski definition) is 4. The predicted octanol–water partition coefficient (Wildman–Crippen LogP) is 5.83. The zero-order valence-corrected chi connectivity index (χ0v) is 24.2. The van der Waals surface area contributed by atoms with Gasteiger partial charge in [0.2, 0.25) is 0 Å². The van der Waals surface area contributed by atoms with Crippen LogP contribution in [-0.2, 0) is 18.9 Å². The molecule has 0 N–H and O–H groups in total. The van der Waals surface area contributed by atoms with Gasteiger partial charge in [-0.1, -0.05) is 71.3 Å². The van der Waals surface area contributed by atoms with E-state index in [1.807, 2.05) is 7.11 Å². The molecule has 0 aromatic heterocycles. The van der Waals surface area contributed by atoms with Gasteiger partial charge in [-0.15, -0.1) is 0 Å². The maximum Gasteiger partial charge on any atom is 0.101 e. The number of aryl methyl sites for hydroxylation is 2. The average molecular weight is 523 g/mol. The van der Waals surface area contributed by atoms with E-state index in [2.05, 4.69) is 89.2 Å². The van der Waals surface area contributed by atoms with Crippen LogP contribution in [0.1, 0.15) is 51.2 Å². The zero-order valence-electron chi connectivity index (χ0n) is 23.3. The molecule has 3 aliphatic rings. The summed E-state index contributed by atoms with van der Waals surface area (Å²) in [6.07, 6.45) is 6.47. The van der Waals surface area contributed by atoms with E-state index in [-0.39, 0.29) is 35.4 Å². The number of benzene rings is 2. The molecule has 5 heteroatoms. The summed E-state index contributed by atoms with van der Waals surface area (Å²) in [7, 11) is 1.34. The van der Waals surface area contributed by atoms with Gasteiger partial charge >= 0.3 is 0 Å². The molecule has 0 unspecified atom stereocenters. The Kier molecular flexibility index (Phi) is 7.97. The van der Waals surface area contributed by atoms with Gasteiger partial charge in [0.1, 0.15) is 5.60 Å². The zero-order chi connectivity index (χ0) is 26.2. The maximum atomic E-state index is 6.68. The number of allylic oxidation sites excluding steroid dienone is 1. The first-order valence-corrected chi connectivity index (χ1v) is 15.3. The van der Waals surface area contributed by atoms with E-state index in [4.69, 9.17) is 18.9 Å². The van der Waals surface area contributed by atoms with Gasteiger partial charge in [-0.3, -0.25) is 0 Å². The molecule has 1 aliphatic carbocycles. The molecule has 2 aliphatic heterocycles. The second kappa shape index (κ2) is 10.9. The topological polar surface area (TPSA) is 43.5 Å². The number of ether oxygens (including phenoxy) is 4. The maximum absolute atomic E-state index is 6.68. The second-order valence-corrected chi connectivity index (χ2v) is 13.9. The molecular weight excluding hydrogens is 479 g/mol. The minimum atomic E-state index is -0.489. The quantitative estimate of drug-likeness (QED) is 0.224. The summed E-state index contributed by atoms with van der Waals surface area (Å²) in [5.74, 6) is 0.190. The highest BCUT2D eigenvalue weighted by molar-refractivity contribution is 7.73. The Bertz CT molecular complexity index is 1040. The Balaban J connectivity index is 1.29. The summed E-state index contributed by atoms with van der Waals surface area (Å²) >= 11 is 0. The molecule has 3 fully saturated rings. The predicted molar refractivity (Wildman–Crippen MR) is 153 cm³/mol. The molecule has 200 valence electrons. The number of hydrogen-bond donors (Lipinski definition) is 0. The Morgan fingerprint density at radius 3 is 2.14 bits per heavy atom. The average Bonchev–Trinajstić information content (AvgIpc) is 3.80. The van der Waals surface area contributed by atoms with Crippen LogP contribution in [0.15, 0.2) is 60.2 Å². The lowest BCUT2D eigenvalue weighted by molar-refractivity contribution is -0.136. The summed E-state index contributed by atoms with van der Waals surface area (Å²) in [4.78, 5) is 0. The molecule has 6 atom stereocenters. The minimum Gasteiger partial charge on any atom is -0.378 e. The third-order valence-electron chi connectivity index (χ3n) is 8.58. The molecule has 1 spiro atoms. The Morgan fingerprint density at radius 1 is 1.03 bits per heavy atom. The van der Waals surface area contributed by atoms with Crippen molar-refractivity contribution in [3.05, 3.63) is 71.3 Å². The number of rotatable bonds is 10. The lowest BCUT2D eigenvalue weighted by Crippen LogP contribution is -2.55. The fourth-order valence-corrected chi connectivity index (χ4v) is 8.39. The van der Waals surface area contributed by atoms with Crippen molar-refractivity contribution in [1.29, 1.82) is 0 Å². The molecule has 2 saturated heterocycles. The second-order valence-electron chi connectivity index (χ2n) is 11.6. The Hall–Kier alpha value is -1.55. The van der Waals surface area contributed by atoms with E-state index >= 15 is 0 Å². The highest BCUT2D eigenvalue weighted by atomic mass is 31.1. The van der Waals surface area contributed by atoms with Crippen LogP contribution in [0.3, 0.4) is 0 Å². The summed E-state index contributed by atoms with van der Waals surface area (Å²) in [5, 5.41) is 2.81. The van der Waals surface area contributed by atoms with E-state index in [1.165, 1.54) is 27.3 Å². The van der Waals surface area contributed by atoms with E-state index in [1.54, 1.807) is 0 Å². The third-order valence-corrected chi connectivity index (χ3v) is 11.0. The van der Waals surface area contributed by atoms with Gasteiger partial charge in [0.05, 0.1) is 43.0 Å². The third kappa shape index (κ3) is 5.75. The molecule has 1 saturated carbocycles. The Morgan fingerprint density at radius 2 is 1.62 bits per heavy atom. The smallest absolute Gasteiger partial charge is 0.101 e. The monoisotopic (exact) mass is 522 g/mol. The highest BCUT2D eigenvalue weighted by Gasteiger charge is 2.71. The number of methoxy groups -OCH3 is 1. The van der Waals surface area contributed by atoms with Crippen LogP contribution in [0.2, 0.25) is 0 Å². The van der Waals surface area contributed by atoms with E-state index in [0.29, 0.717) is 0 Å². The standard InChI is InChI=1S/C32H43O4P/c1-22(2)7-16-28-31(5,36-28)30-29(33-6)27(17-18-32(30)21-35-32)34-19-20-37(25-12-8-23(3)9-13-25)26-14-10-24(4)11-15-26/h7-15,27-30H,16-21H2,1-6H3/t27-,28-,29-,30-,31+,32+/m1/s1. The first kappa shape index (κ1) is 27.0. The van der Waals surface area contributed by atoms with Crippen molar-refractivity contribution in [2.75, 3.05) is 26.5 Å². The van der Waals surface area contributed by atoms with Crippen LogP contribution < -0.4 is 10.6 Å². The molecule has 5 rings (SSSR count). The Labute approximate surface area is 224 Å². The van der Waals surface area contributed by atoms with Crippen LogP contribution >= 0.6 is 7.92 Å². The van der Waals surface area contributed by atoms with Gasteiger partial charge < -0.3 is 18.9 Å². The molecule has 2 aromatic rings. The first-order valence-electron chi connectivity index (χ1n) is 13.8. The molecule has 0 bridgehead atoms. The van der Waals surface area contributed by atoms with Crippen LogP contribution in [0.25, 0.3) is 0 Å². The minimum absolute atomic E-state index is 0.0251. The van der Waals surface area contributed by atoms with Gasteiger partial charge in [0.25, 0.3) is 0 Å². The van der Waals surface area contributed by atoms with Gasteiger partial charge in [-0.2, -0.15) is 0 Å². The van der Waals surface area contributed by atoms with E-state index in [9.17, 15) is 0 Å². The van der Waals surface area contributed by atoms with E-state index in [0.717, 1.165) is 38.6 Å². The number of epoxide rings is 2. The van der Waals surface area contributed by atoms with Gasteiger partial charge in [0.15, 0.2) is 0 Å². The van der Waals surface area contributed by atoms with Crippen LogP contribution in [0.5, 0.6) is 0 Å². The molecular formula is C32H43O4P. The first-order chi connectivity index (χ1) is 17.8. The van der Waals surface area contributed by atoms with Crippen molar-refractivity contribution in [3.63, 3.8) is 0 Å². The van der Waals surface area contributed by atoms with Crippen LogP contribution in [-0.4, -0.2) is 56.0 Å². The lowest BCUT2D eigenvalue weighted by atomic mass is 9.68. The molecule has 37 heavy (non-hydrogen) atoms.